The fraction of sp³-hybridized carbons (Fsp3) is 1.00. The van der Waals surface area contributed by atoms with Gasteiger partial charge in [0.2, 0.25) is 10.0 Å². The summed E-state index contributed by atoms with van der Waals surface area (Å²) in [6.07, 6.45) is 0.979. The van der Waals surface area contributed by atoms with Crippen LogP contribution in [-0.4, -0.2) is 44.2 Å². The van der Waals surface area contributed by atoms with Crippen LogP contribution in [0.25, 0.3) is 0 Å². The Labute approximate surface area is 85.7 Å². The largest absolute Gasteiger partial charge is 0.314 e. The van der Waals surface area contributed by atoms with Gasteiger partial charge in [-0.05, 0) is 11.8 Å². The first-order valence-electron chi connectivity index (χ1n) is 5.11. The van der Waals surface area contributed by atoms with Crippen molar-refractivity contribution in [1.82, 2.24) is 9.62 Å². The van der Waals surface area contributed by atoms with E-state index in [4.69, 9.17) is 0 Å². The molecule has 5 heteroatoms. The van der Waals surface area contributed by atoms with Crippen LogP contribution in [0.2, 0.25) is 0 Å². The Morgan fingerprint density at radius 1 is 1.36 bits per heavy atom. The van der Waals surface area contributed by atoms with Gasteiger partial charge in [0.1, 0.15) is 5.25 Å². The van der Waals surface area contributed by atoms with Gasteiger partial charge < -0.3 is 5.32 Å². The van der Waals surface area contributed by atoms with Crippen LogP contribution < -0.4 is 5.32 Å². The maximum Gasteiger partial charge on any atom is 0.219 e. The molecule has 2 saturated heterocycles. The molecule has 2 rings (SSSR count). The third-order valence-electron chi connectivity index (χ3n) is 3.17. The second kappa shape index (κ2) is 3.18. The summed E-state index contributed by atoms with van der Waals surface area (Å²) in [5.41, 5.74) is 0.157. The van der Waals surface area contributed by atoms with Gasteiger partial charge in [-0.3, -0.25) is 0 Å². The molecule has 2 aliphatic rings. The molecule has 0 spiro atoms. The van der Waals surface area contributed by atoms with E-state index < -0.39 is 10.0 Å². The highest BCUT2D eigenvalue weighted by Gasteiger charge is 2.41. The van der Waals surface area contributed by atoms with Crippen molar-refractivity contribution >= 4 is 10.0 Å². The predicted octanol–water partition coefficient (Wildman–Crippen LogP) is 0.0199. The van der Waals surface area contributed by atoms with Crippen molar-refractivity contribution in [2.45, 2.75) is 25.5 Å². The molecule has 0 atom stereocenters. The SMILES string of the molecule is CC1(C)CCN(S(=O)(=O)C2CNC2)C1. The fourth-order valence-electron chi connectivity index (χ4n) is 1.96. The van der Waals surface area contributed by atoms with Gasteiger partial charge in [0, 0.05) is 26.2 Å². The maximum atomic E-state index is 12.0. The number of hydrogen-bond acceptors (Lipinski definition) is 3. The minimum Gasteiger partial charge on any atom is -0.314 e. The summed E-state index contributed by atoms with van der Waals surface area (Å²) in [4.78, 5) is 0. The molecular weight excluding hydrogens is 200 g/mol. The first kappa shape index (κ1) is 10.4. The fourth-order valence-corrected chi connectivity index (χ4v) is 3.92. The number of rotatable bonds is 2. The van der Waals surface area contributed by atoms with Crippen molar-refractivity contribution < 1.29 is 8.42 Å². The van der Waals surface area contributed by atoms with E-state index in [2.05, 4.69) is 19.2 Å². The minimum atomic E-state index is -3.00. The van der Waals surface area contributed by atoms with Crippen LogP contribution in [0.5, 0.6) is 0 Å². The molecule has 1 N–H and O–H groups in total. The quantitative estimate of drug-likeness (QED) is 0.711. The molecule has 0 aromatic carbocycles. The molecule has 4 nitrogen and oxygen atoms in total. The Morgan fingerprint density at radius 2 is 2.00 bits per heavy atom. The van der Waals surface area contributed by atoms with Crippen LogP contribution in [0.3, 0.4) is 0 Å². The summed E-state index contributed by atoms with van der Waals surface area (Å²) in [5, 5.41) is 2.84. The summed E-state index contributed by atoms with van der Waals surface area (Å²) in [6.45, 7) is 6.89. The van der Waals surface area contributed by atoms with E-state index in [9.17, 15) is 8.42 Å². The monoisotopic (exact) mass is 218 g/mol. The number of sulfonamides is 1. The average Bonchev–Trinajstić information content (AvgIpc) is 2.25. The molecule has 0 bridgehead atoms. The van der Waals surface area contributed by atoms with Crippen LogP contribution in [0, 0.1) is 5.41 Å². The Kier molecular flexibility index (Phi) is 2.36. The summed E-state index contributed by atoms with van der Waals surface area (Å²) in [7, 11) is -3.00. The van der Waals surface area contributed by atoms with E-state index in [1.54, 1.807) is 4.31 Å². The summed E-state index contributed by atoms with van der Waals surface area (Å²) in [6, 6.07) is 0. The van der Waals surface area contributed by atoms with Gasteiger partial charge >= 0.3 is 0 Å². The molecule has 0 unspecified atom stereocenters. The van der Waals surface area contributed by atoms with E-state index in [1.165, 1.54) is 0 Å². The van der Waals surface area contributed by atoms with Crippen LogP contribution in [0.4, 0.5) is 0 Å². The normalized spacial score (nSPS) is 29.0. The van der Waals surface area contributed by atoms with Gasteiger partial charge in [0.15, 0.2) is 0 Å². The van der Waals surface area contributed by atoms with Crippen molar-refractivity contribution in [3.05, 3.63) is 0 Å². The zero-order chi connectivity index (χ0) is 10.4. The van der Waals surface area contributed by atoms with Crippen LogP contribution in [-0.2, 0) is 10.0 Å². The van der Waals surface area contributed by atoms with Crippen molar-refractivity contribution in [2.24, 2.45) is 5.41 Å². The van der Waals surface area contributed by atoms with E-state index in [0.29, 0.717) is 26.2 Å². The lowest BCUT2D eigenvalue weighted by atomic mass is 9.93. The number of nitrogens with one attached hydrogen (secondary N) is 1. The van der Waals surface area contributed by atoms with Crippen molar-refractivity contribution in [2.75, 3.05) is 26.2 Å². The maximum absolute atomic E-state index is 12.0. The Morgan fingerprint density at radius 3 is 2.36 bits per heavy atom. The molecule has 2 fully saturated rings. The highest BCUT2D eigenvalue weighted by Crippen LogP contribution is 2.32. The molecule has 2 heterocycles. The van der Waals surface area contributed by atoms with Crippen molar-refractivity contribution in [3.8, 4) is 0 Å². The standard InChI is InChI=1S/C9H18N2O2S/c1-9(2)3-4-11(7-9)14(12,13)8-5-10-6-8/h8,10H,3-7H2,1-2H3. The van der Waals surface area contributed by atoms with Crippen LogP contribution in [0.15, 0.2) is 0 Å². The number of hydrogen-bond donors (Lipinski definition) is 1. The molecule has 14 heavy (non-hydrogen) atoms. The second-order valence-electron chi connectivity index (χ2n) is 5.07. The Balaban J connectivity index is 2.09. The molecular formula is C9H18N2O2S. The molecule has 0 aromatic rings. The summed E-state index contributed by atoms with van der Waals surface area (Å²) < 4.78 is 25.6. The van der Waals surface area contributed by atoms with Gasteiger partial charge in [-0.1, -0.05) is 13.8 Å². The van der Waals surface area contributed by atoms with E-state index >= 15 is 0 Å². The number of nitrogens with zero attached hydrogens (tertiary/aromatic N) is 1. The second-order valence-corrected chi connectivity index (χ2v) is 7.29. The zero-order valence-corrected chi connectivity index (χ0v) is 9.60. The highest BCUT2D eigenvalue weighted by atomic mass is 32.2. The third-order valence-corrected chi connectivity index (χ3v) is 5.37. The van der Waals surface area contributed by atoms with Gasteiger partial charge in [-0.2, -0.15) is 0 Å². The average molecular weight is 218 g/mol. The van der Waals surface area contributed by atoms with Gasteiger partial charge in [-0.25, -0.2) is 12.7 Å². The predicted molar refractivity (Wildman–Crippen MR) is 55.5 cm³/mol. The molecule has 0 amide bonds. The summed E-state index contributed by atoms with van der Waals surface area (Å²) in [5.74, 6) is 0. The lowest BCUT2D eigenvalue weighted by Crippen LogP contribution is -2.55. The minimum absolute atomic E-state index is 0.157. The van der Waals surface area contributed by atoms with Gasteiger partial charge in [0.05, 0.1) is 0 Å². The first-order chi connectivity index (χ1) is 6.42. The smallest absolute Gasteiger partial charge is 0.219 e. The van der Waals surface area contributed by atoms with E-state index in [-0.39, 0.29) is 10.7 Å². The zero-order valence-electron chi connectivity index (χ0n) is 8.78. The lowest BCUT2D eigenvalue weighted by Gasteiger charge is -2.31. The highest BCUT2D eigenvalue weighted by molar-refractivity contribution is 7.89. The summed E-state index contributed by atoms with van der Waals surface area (Å²) >= 11 is 0. The van der Waals surface area contributed by atoms with Crippen molar-refractivity contribution in [3.63, 3.8) is 0 Å². The van der Waals surface area contributed by atoms with Crippen LogP contribution in [0.1, 0.15) is 20.3 Å². The molecule has 82 valence electrons. The molecule has 0 aromatic heterocycles. The third kappa shape index (κ3) is 1.68. The van der Waals surface area contributed by atoms with Gasteiger partial charge in [0.25, 0.3) is 0 Å². The van der Waals surface area contributed by atoms with E-state index in [1.807, 2.05) is 0 Å². The Bertz CT molecular complexity index is 320. The van der Waals surface area contributed by atoms with Gasteiger partial charge in [-0.15, -0.1) is 0 Å². The van der Waals surface area contributed by atoms with Crippen molar-refractivity contribution in [1.29, 1.82) is 0 Å². The van der Waals surface area contributed by atoms with E-state index in [0.717, 1.165) is 6.42 Å². The topological polar surface area (TPSA) is 49.4 Å². The first-order valence-corrected chi connectivity index (χ1v) is 6.62. The molecule has 0 saturated carbocycles. The lowest BCUT2D eigenvalue weighted by molar-refractivity contribution is 0.366. The van der Waals surface area contributed by atoms with Crippen LogP contribution >= 0.6 is 0 Å². The molecule has 2 aliphatic heterocycles. The molecule has 0 aliphatic carbocycles. The Hall–Kier alpha value is -0.130. The molecule has 0 radical (unpaired) electrons.